The van der Waals surface area contributed by atoms with E-state index in [9.17, 15) is 0 Å². The lowest BCUT2D eigenvalue weighted by molar-refractivity contribution is 0.264. The summed E-state index contributed by atoms with van der Waals surface area (Å²) in [6.07, 6.45) is 0.268. The Bertz CT molecular complexity index is 565. The van der Waals surface area contributed by atoms with Crippen LogP contribution >= 0.6 is 31.9 Å². The number of hydrogen-bond acceptors (Lipinski definition) is 2. The number of fused-ring (bicyclic) bond motifs is 1. The first-order valence-corrected chi connectivity index (χ1v) is 6.95. The second-order valence-corrected chi connectivity index (χ2v) is 5.69. The molecule has 17 heavy (non-hydrogen) atoms. The van der Waals surface area contributed by atoms with Gasteiger partial charge in [0.15, 0.2) is 0 Å². The second kappa shape index (κ2) is 4.59. The molecule has 0 saturated carbocycles. The molecule has 1 atom stereocenters. The number of halogens is 2. The Kier molecular flexibility index (Phi) is 3.11. The molecule has 0 amide bonds. The molecule has 4 heteroatoms. The van der Waals surface area contributed by atoms with Crippen LogP contribution in [-0.2, 0) is 4.74 Å². The van der Waals surface area contributed by atoms with Gasteiger partial charge in [0.25, 0.3) is 0 Å². The molecule has 2 aromatic rings. The van der Waals surface area contributed by atoms with Crippen LogP contribution in [0.1, 0.15) is 0 Å². The number of hydrogen-bond donors (Lipinski definition) is 0. The van der Waals surface area contributed by atoms with Crippen LogP contribution < -0.4 is 4.74 Å². The Hall–Kier alpha value is -0.580. The minimum Gasteiger partial charge on any atom is -0.489 e. The van der Waals surface area contributed by atoms with E-state index in [1.807, 2.05) is 18.2 Å². The maximum atomic E-state index is 5.84. The predicted octanol–water partition coefficient (Wildman–Crippen LogP) is 4.14. The first-order chi connectivity index (χ1) is 8.25. The van der Waals surface area contributed by atoms with Gasteiger partial charge in [0, 0.05) is 9.86 Å². The minimum absolute atomic E-state index is 0.268. The molecular weight excluding hydrogens is 348 g/mol. The number of ether oxygens (including phenoxy) is 2. The van der Waals surface area contributed by atoms with E-state index in [1.165, 1.54) is 0 Å². The summed E-state index contributed by atoms with van der Waals surface area (Å²) in [6, 6.07) is 10.2. The molecule has 1 fully saturated rings. The summed E-state index contributed by atoms with van der Waals surface area (Å²) >= 11 is 7.11. The average molecular weight is 358 g/mol. The quantitative estimate of drug-likeness (QED) is 0.770. The highest BCUT2D eigenvalue weighted by Crippen LogP contribution is 2.38. The van der Waals surface area contributed by atoms with Crippen LogP contribution in [-0.4, -0.2) is 19.3 Å². The van der Waals surface area contributed by atoms with Crippen molar-refractivity contribution in [2.24, 2.45) is 0 Å². The Labute approximate surface area is 116 Å². The van der Waals surface area contributed by atoms with Gasteiger partial charge >= 0.3 is 0 Å². The van der Waals surface area contributed by atoms with Crippen LogP contribution in [0.3, 0.4) is 0 Å². The SMILES string of the molecule is Brc1cc(Br)c2ccccc2c1OC[C@@H]1CO1. The number of rotatable bonds is 3. The lowest BCUT2D eigenvalue weighted by Gasteiger charge is -2.11. The van der Waals surface area contributed by atoms with Crippen molar-refractivity contribution in [1.82, 2.24) is 0 Å². The summed E-state index contributed by atoms with van der Waals surface area (Å²) < 4.78 is 13.0. The van der Waals surface area contributed by atoms with Gasteiger partial charge in [-0.25, -0.2) is 0 Å². The third-order valence-corrected chi connectivity index (χ3v) is 3.96. The van der Waals surface area contributed by atoms with Gasteiger partial charge in [-0.05, 0) is 27.4 Å². The van der Waals surface area contributed by atoms with Crippen molar-refractivity contribution in [3.8, 4) is 5.75 Å². The van der Waals surface area contributed by atoms with E-state index in [1.54, 1.807) is 0 Å². The van der Waals surface area contributed by atoms with Crippen LogP contribution in [0.2, 0.25) is 0 Å². The molecule has 0 unspecified atom stereocenters. The number of epoxide rings is 1. The van der Waals surface area contributed by atoms with Gasteiger partial charge in [0.05, 0.1) is 11.1 Å². The van der Waals surface area contributed by atoms with E-state index in [0.717, 1.165) is 32.1 Å². The molecule has 1 heterocycles. The summed E-state index contributed by atoms with van der Waals surface area (Å²) in [4.78, 5) is 0. The van der Waals surface area contributed by atoms with Crippen LogP contribution in [0.15, 0.2) is 39.3 Å². The zero-order chi connectivity index (χ0) is 11.8. The molecule has 2 nitrogen and oxygen atoms in total. The standard InChI is InChI=1S/C13H10Br2O2/c14-11-5-12(15)13(17-7-8-6-16-8)10-4-2-1-3-9(10)11/h1-5,8H,6-7H2/t8-/m0/s1. The van der Waals surface area contributed by atoms with Crippen molar-refractivity contribution < 1.29 is 9.47 Å². The smallest absolute Gasteiger partial charge is 0.141 e. The van der Waals surface area contributed by atoms with E-state index in [-0.39, 0.29) is 6.10 Å². The van der Waals surface area contributed by atoms with Gasteiger partial charge in [-0.15, -0.1) is 0 Å². The molecular formula is C13H10Br2O2. The molecule has 0 N–H and O–H groups in total. The van der Waals surface area contributed by atoms with Gasteiger partial charge in [0.2, 0.25) is 0 Å². The topological polar surface area (TPSA) is 21.8 Å². The highest BCUT2D eigenvalue weighted by molar-refractivity contribution is 9.11. The van der Waals surface area contributed by atoms with E-state index in [2.05, 4.69) is 44.0 Å². The Morgan fingerprint density at radius 3 is 2.59 bits per heavy atom. The highest BCUT2D eigenvalue weighted by Gasteiger charge is 2.24. The fraction of sp³-hybridized carbons (Fsp3) is 0.231. The largest absolute Gasteiger partial charge is 0.489 e. The Morgan fingerprint density at radius 2 is 1.88 bits per heavy atom. The predicted molar refractivity (Wildman–Crippen MR) is 74.6 cm³/mol. The van der Waals surface area contributed by atoms with Crippen LogP contribution in [0.25, 0.3) is 10.8 Å². The van der Waals surface area contributed by atoms with Crippen molar-refractivity contribution in [3.05, 3.63) is 39.3 Å². The first kappa shape index (κ1) is 11.5. The van der Waals surface area contributed by atoms with E-state index in [0.29, 0.717) is 6.61 Å². The summed E-state index contributed by atoms with van der Waals surface area (Å²) in [7, 11) is 0. The molecule has 2 aromatic carbocycles. The van der Waals surface area contributed by atoms with Crippen LogP contribution in [0.4, 0.5) is 0 Å². The van der Waals surface area contributed by atoms with Gasteiger partial charge in [-0.1, -0.05) is 40.2 Å². The zero-order valence-electron chi connectivity index (χ0n) is 8.95. The van der Waals surface area contributed by atoms with Crippen molar-refractivity contribution in [2.45, 2.75) is 6.10 Å². The minimum atomic E-state index is 0.268. The fourth-order valence-electron chi connectivity index (χ4n) is 1.76. The lowest BCUT2D eigenvalue weighted by Crippen LogP contribution is -2.05. The molecule has 0 radical (unpaired) electrons. The molecule has 1 aliphatic rings. The highest BCUT2D eigenvalue weighted by atomic mass is 79.9. The monoisotopic (exact) mass is 356 g/mol. The molecule has 0 bridgehead atoms. The third-order valence-electron chi connectivity index (χ3n) is 2.72. The molecule has 0 spiro atoms. The fourth-order valence-corrected chi connectivity index (χ4v) is 3.20. The lowest BCUT2D eigenvalue weighted by atomic mass is 10.1. The normalized spacial score (nSPS) is 18.4. The maximum absolute atomic E-state index is 5.84. The van der Waals surface area contributed by atoms with Gasteiger partial charge in [0.1, 0.15) is 18.5 Å². The summed E-state index contributed by atoms with van der Waals surface area (Å²) in [5.41, 5.74) is 0. The summed E-state index contributed by atoms with van der Waals surface area (Å²) in [5.74, 6) is 0.888. The molecule has 88 valence electrons. The molecule has 3 rings (SSSR count). The Morgan fingerprint density at radius 1 is 1.18 bits per heavy atom. The number of benzene rings is 2. The maximum Gasteiger partial charge on any atom is 0.141 e. The second-order valence-electron chi connectivity index (χ2n) is 3.98. The van der Waals surface area contributed by atoms with Crippen LogP contribution in [0, 0.1) is 0 Å². The third kappa shape index (κ3) is 2.34. The average Bonchev–Trinajstić information content (AvgIpc) is 3.13. The Balaban J connectivity index is 2.07. The van der Waals surface area contributed by atoms with Gasteiger partial charge in [-0.3, -0.25) is 0 Å². The molecule has 0 aromatic heterocycles. The molecule has 0 aliphatic carbocycles. The van der Waals surface area contributed by atoms with E-state index >= 15 is 0 Å². The first-order valence-electron chi connectivity index (χ1n) is 5.37. The van der Waals surface area contributed by atoms with Gasteiger partial charge < -0.3 is 9.47 Å². The van der Waals surface area contributed by atoms with Crippen molar-refractivity contribution in [3.63, 3.8) is 0 Å². The van der Waals surface area contributed by atoms with Crippen molar-refractivity contribution >= 4 is 42.6 Å². The zero-order valence-corrected chi connectivity index (χ0v) is 12.1. The van der Waals surface area contributed by atoms with Gasteiger partial charge in [-0.2, -0.15) is 0 Å². The molecule has 1 aliphatic heterocycles. The van der Waals surface area contributed by atoms with Crippen molar-refractivity contribution in [1.29, 1.82) is 0 Å². The van der Waals surface area contributed by atoms with Crippen molar-refractivity contribution in [2.75, 3.05) is 13.2 Å². The summed E-state index contributed by atoms with van der Waals surface area (Å²) in [5, 5.41) is 2.26. The molecule has 1 saturated heterocycles. The summed E-state index contributed by atoms with van der Waals surface area (Å²) in [6.45, 7) is 1.43. The van der Waals surface area contributed by atoms with E-state index < -0.39 is 0 Å². The van der Waals surface area contributed by atoms with Crippen LogP contribution in [0.5, 0.6) is 5.75 Å². The van der Waals surface area contributed by atoms with E-state index in [4.69, 9.17) is 9.47 Å².